The zero-order valence-corrected chi connectivity index (χ0v) is 8.62. The predicted molar refractivity (Wildman–Crippen MR) is 58.9 cm³/mol. The van der Waals surface area contributed by atoms with Gasteiger partial charge in [0.25, 0.3) is 5.69 Å². The summed E-state index contributed by atoms with van der Waals surface area (Å²) >= 11 is 0. The lowest BCUT2D eigenvalue weighted by Gasteiger charge is -2.01. The topological polar surface area (TPSA) is 68.9 Å². The summed E-state index contributed by atoms with van der Waals surface area (Å²) in [6, 6.07) is 6.66. The molecule has 0 atom stereocenters. The molecule has 0 spiro atoms. The van der Waals surface area contributed by atoms with Crippen LogP contribution in [0.15, 0.2) is 36.7 Å². The molecule has 0 unspecified atom stereocenters. The highest BCUT2D eigenvalue weighted by molar-refractivity contribution is 5.60. The summed E-state index contributed by atoms with van der Waals surface area (Å²) in [5.41, 5.74) is 1.37. The van der Waals surface area contributed by atoms with Crippen LogP contribution in [0.1, 0.15) is 5.56 Å². The molecule has 0 aliphatic carbocycles. The largest absolute Gasteiger partial charge is 0.273 e. The third kappa shape index (κ3) is 1.88. The van der Waals surface area contributed by atoms with Crippen molar-refractivity contribution in [2.24, 2.45) is 0 Å². The maximum atomic E-state index is 10.8. The van der Waals surface area contributed by atoms with Crippen molar-refractivity contribution in [3.05, 3.63) is 52.3 Å². The number of hydrogen-bond donors (Lipinski definition) is 0. The average molecular weight is 215 g/mol. The summed E-state index contributed by atoms with van der Waals surface area (Å²) in [5, 5.41) is 10.8. The standard InChI is InChI=1S/C11H9N3O2/c1-8-3-4-9(7-10(8)14(15)16)11-12-5-2-6-13-11/h2-7H,1H3. The van der Waals surface area contributed by atoms with Gasteiger partial charge in [-0.3, -0.25) is 10.1 Å². The SMILES string of the molecule is Cc1ccc(-c2ncccn2)cc1[N+](=O)[O-]. The maximum absolute atomic E-state index is 10.8. The van der Waals surface area contributed by atoms with Crippen molar-refractivity contribution in [3.63, 3.8) is 0 Å². The summed E-state index contributed by atoms with van der Waals surface area (Å²) < 4.78 is 0. The van der Waals surface area contributed by atoms with E-state index < -0.39 is 4.92 Å². The van der Waals surface area contributed by atoms with Gasteiger partial charge in [-0.1, -0.05) is 12.1 Å². The first-order chi connectivity index (χ1) is 7.68. The van der Waals surface area contributed by atoms with E-state index in [1.54, 1.807) is 37.5 Å². The Morgan fingerprint density at radius 3 is 2.56 bits per heavy atom. The first-order valence-corrected chi connectivity index (χ1v) is 4.71. The lowest BCUT2D eigenvalue weighted by Crippen LogP contribution is -1.93. The Morgan fingerprint density at radius 2 is 1.94 bits per heavy atom. The molecule has 1 aromatic heterocycles. The van der Waals surface area contributed by atoms with Gasteiger partial charge < -0.3 is 0 Å². The van der Waals surface area contributed by atoms with E-state index in [4.69, 9.17) is 0 Å². The van der Waals surface area contributed by atoms with Crippen molar-refractivity contribution in [1.82, 2.24) is 9.97 Å². The molecule has 0 saturated carbocycles. The first-order valence-electron chi connectivity index (χ1n) is 4.71. The van der Waals surface area contributed by atoms with Crippen LogP contribution in [0.25, 0.3) is 11.4 Å². The smallest absolute Gasteiger partial charge is 0.258 e. The molecule has 0 amide bonds. The normalized spacial score (nSPS) is 10.1. The van der Waals surface area contributed by atoms with Crippen LogP contribution in [0.5, 0.6) is 0 Å². The van der Waals surface area contributed by atoms with Gasteiger partial charge in [0, 0.05) is 29.6 Å². The minimum atomic E-state index is -0.401. The van der Waals surface area contributed by atoms with Crippen LogP contribution in [0.2, 0.25) is 0 Å². The number of aryl methyl sites for hydroxylation is 1. The van der Waals surface area contributed by atoms with Gasteiger partial charge in [-0.15, -0.1) is 0 Å². The van der Waals surface area contributed by atoms with E-state index in [9.17, 15) is 10.1 Å². The Morgan fingerprint density at radius 1 is 1.25 bits per heavy atom. The number of nitro groups is 1. The van der Waals surface area contributed by atoms with Gasteiger partial charge in [-0.25, -0.2) is 9.97 Å². The molecule has 0 fully saturated rings. The first kappa shape index (κ1) is 10.2. The van der Waals surface area contributed by atoms with Gasteiger partial charge in [0.05, 0.1) is 4.92 Å². The van der Waals surface area contributed by atoms with Crippen LogP contribution in [-0.4, -0.2) is 14.9 Å². The van der Waals surface area contributed by atoms with E-state index >= 15 is 0 Å². The monoisotopic (exact) mass is 215 g/mol. The van der Waals surface area contributed by atoms with Gasteiger partial charge in [0.15, 0.2) is 5.82 Å². The number of nitrogens with zero attached hydrogens (tertiary/aromatic N) is 3. The number of nitro benzene ring substituents is 1. The molecule has 1 aromatic carbocycles. The molecule has 0 radical (unpaired) electrons. The van der Waals surface area contributed by atoms with Gasteiger partial charge in [0.2, 0.25) is 0 Å². The minimum absolute atomic E-state index is 0.0879. The second-order valence-electron chi connectivity index (χ2n) is 3.33. The zero-order valence-electron chi connectivity index (χ0n) is 8.62. The maximum Gasteiger partial charge on any atom is 0.273 e. The Balaban J connectivity index is 2.52. The zero-order chi connectivity index (χ0) is 11.5. The number of benzene rings is 1. The molecule has 16 heavy (non-hydrogen) atoms. The summed E-state index contributed by atoms with van der Waals surface area (Å²) in [7, 11) is 0. The molecule has 5 heteroatoms. The van der Waals surface area contributed by atoms with E-state index in [0.717, 1.165) is 0 Å². The number of rotatable bonds is 2. The average Bonchev–Trinajstić information content (AvgIpc) is 2.30. The third-order valence-corrected chi connectivity index (χ3v) is 2.23. The van der Waals surface area contributed by atoms with E-state index in [1.165, 1.54) is 6.07 Å². The van der Waals surface area contributed by atoms with Crippen molar-refractivity contribution in [2.75, 3.05) is 0 Å². The van der Waals surface area contributed by atoms with Crippen LogP contribution in [-0.2, 0) is 0 Å². The Labute approximate surface area is 91.9 Å². The molecule has 0 aliphatic heterocycles. The fraction of sp³-hybridized carbons (Fsp3) is 0.0909. The molecule has 0 bridgehead atoms. The van der Waals surface area contributed by atoms with Gasteiger partial charge in [-0.05, 0) is 13.0 Å². The molecule has 0 N–H and O–H groups in total. The lowest BCUT2D eigenvalue weighted by atomic mass is 10.1. The molecular weight excluding hydrogens is 206 g/mol. The second kappa shape index (κ2) is 4.06. The summed E-state index contributed by atoms with van der Waals surface area (Å²) in [6.45, 7) is 1.70. The molecule has 2 rings (SSSR count). The fourth-order valence-corrected chi connectivity index (χ4v) is 1.39. The second-order valence-corrected chi connectivity index (χ2v) is 3.33. The molecule has 0 saturated heterocycles. The minimum Gasteiger partial charge on any atom is -0.258 e. The van der Waals surface area contributed by atoms with Crippen molar-refractivity contribution in [3.8, 4) is 11.4 Å². The number of aromatic nitrogens is 2. The van der Waals surface area contributed by atoms with Crippen molar-refractivity contribution >= 4 is 5.69 Å². The van der Waals surface area contributed by atoms with E-state index in [1.807, 2.05) is 0 Å². The highest BCUT2D eigenvalue weighted by Crippen LogP contribution is 2.24. The summed E-state index contributed by atoms with van der Waals surface area (Å²) in [6.07, 6.45) is 3.21. The van der Waals surface area contributed by atoms with Gasteiger partial charge >= 0.3 is 0 Å². The number of hydrogen-bond acceptors (Lipinski definition) is 4. The molecule has 5 nitrogen and oxygen atoms in total. The van der Waals surface area contributed by atoms with Crippen molar-refractivity contribution in [1.29, 1.82) is 0 Å². The predicted octanol–water partition coefficient (Wildman–Crippen LogP) is 2.36. The highest BCUT2D eigenvalue weighted by atomic mass is 16.6. The van der Waals surface area contributed by atoms with E-state index in [0.29, 0.717) is 17.0 Å². The van der Waals surface area contributed by atoms with Crippen LogP contribution in [0, 0.1) is 17.0 Å². The van der Waals surface area contributed by atoms with Crippen LogP contribution in [0.3, 0.4) is 0 Å². The molecule has 1 heterocycles. The van der Waals surface area contributed by atoms with Crippen LogP contribution >= 0.6 is 0 Å². The highest BCUT2D eigenvalue weighted by Gasteiger charge is 2.12. The third-order valence-electron chi connectivity index (χ3n) is 2.23. The van der Waals surface area contributed by atoms with E-state index in [-0.39, 0.29) is 5.69 Å². The Bertz CT molecular complexity index is 526. The Hall–Kier alpha value is -2.30. The summed E-state index contributed by atoms with van der Waals surface area (Å²) in [4.78, 5) is 18.5. The van der Waals surface area contributed by atoms with E-state index in [2.05, 4.69) is 9.97 Å². The van der Waals surface area contributed by atoms with Crippen molar-refractivity contribution in [2.45, 2.75) is 6.92 Å². The van der Waals surface area contributed by atoms with Gasteiger partial charge in [-0.2, -0.15) is 0 Å². The molecular formula is C11H9N3O2. The van der Waals surface area contributed by atoms with Crippen LogP contribution < -0.4 is 0 Å². The van der Waals surface area contributed by atoms with Crippen molar-refractivity contribution < 1.29 is 4.92 Å². The molecule has 2 aromatic rings. The molecule has 0 aliphatic rings. The molecule has 80 valence electrons. The van der Waals surface area contributed by atoms with Gasteiger partial charge in [0.1, 0.15) is 0 Å². The fourth-order valence-electron chi connectivity index (χ4n) is 1.39. The Kier molecular flexibility index (Phi) is 2.59. The lowest BCUT2D eigenvalue weighted by molar-refractivity contribution is -0.385. The quantitative estimate of drug-likeness (QED) is 0.569. The van der Waals surface area contributed by atoms with Crippen LogP contribution in [0.4, 0.5) is 5.69 Å². The summed E-state index contributed by atoms with van der Waals surface area (Å²) in [5.74, 6) is 0.491.